The van der Waals surface area contributed by atoms with Crippen LogP contribution < -0.4 is 5.73 Å². The van der Waals surface area contributed by atoms with Crippen molar-refractivity contribution in [3.63, 3.8) is 0 Å². The van der Waals surface area contributed by atoms with Crippen LogP contribution in [0.15, 0.2) is 60.7 Å². The summed E-state index contributed by atoms with van der Waals surface area (Å²) in [7, 11) is 0. The Morgan fingerprint density at radius 3 is 2.03 bits per heavy atom. The van der Waals surface area contributed by atoms with Crippen LogP contribution in [0.25, 0.3) is 0 Å². The van der Waals surface area contributed by atoms with Gasteiger partial charge in [0.25, 0.3) is 0 Å². The van der Waals surface area contributed by atoms with Crippen molar-refractivity contribution in [1.29, 1.82) is 0 Å². The highest BCUT2D eigenvalue weighted by Gasteiger charge is 2.48. The van der Waals surface area contributed by atoms with Crippen molar-refractivity contribution >= 4 is 5.91 Å². The predicted octanol–water partition coefficient (Wildman–Crippen LogP) is 5.14. The number of primary amides is 1. The van der Waals surface area contributed by atoms with Crippen LogP contribution in [0.2, 0.25) is 0 Å². The van der Waals surface area contributed by atoms with E-state index in [0.717, 1.165) is 49.5 Å². The Labute approximate surface area is 181 Å². The fourth-order valence-corrected chi connectivity index (χ4v) is 5.98. The molecule has 0 radical (unpaired) electrons. The number of carbonyl (C=O) groups excluding carboxylic acids is 1. The third-order valence-corrected chi connectivity index (χ3v) is 7.54. The number of piperidine rings is 1. The van der Waals surface area contributed by atoms with Crippen molar-refractivity contribution in [1.82, 2.24) is 4.90 Å². The molecule has 0 spiro atoms. The summed E-state index contributed by atoms with van der Waals surface area (Å²) in [5.74, 6) is 0.863. The monoisotopic (exact) mass is 404 g/mol. The van der Waals surface area contributed by atoms with Crippen molar-refractivity contribution in [2.24, 2.45) is 17.6 Å². The Morgan fingerprint density at radius 2 is 1.47 bits per heavy atom. The molecule has 1 atom stereocenters. The highest BCUT2D eigenvalue weighted by molar-refractivity contribution is 5.91. The fraction of sp³-hybridized carbons (Fsp3) is 0.519. The maximum absolute atomic E-state index is 13.2. The molecule has 0 bridgehead atoms. The van der Waals surface area contributed by atoms with E-state index in [9.17, 15) is 4.79 Å². The first kappa shape index (κ1) is 21.1. The van der Waals surface area contributed by atoms with E-state index in [1.165, 1.54) is 38.5 Å². The summed E-state index contributed by atoms with van der Waals surface area (Å²) < 4.78 is 0. The number of hydrogen-bond donors (Lipinski definition) is 1. The summed E-state index contributed by atoms with van der Waals surface area (Å²) >= 11 is 0. The van der Waals surface area contributed by atoms with E-state index in [0.29, 0.717) is 0 Å². The minimum atomic E-state index is -0.772. The van der Waals surface area contributed by atoms with Gasteiger partial charge >= 0.3 is 0 Å². The van der Waals surface area contributed by atoms with Crippen LogP contribution in [0.4, 0.5) is 0 Å². The highest BCUT2D eigenvalue weighted by atomic mass is 16.1. The number of carbonyl (C=O) groups is 1. The van der Waals surface area contributed by atoms with Crippen molar-refractivity contribution in [2.75, 3.05) is 19.6 Å². The molecule has 1 amide bonds. The van der Waals surface area contributed by atoms with Crippen molar-refractivity contribution in [2.45, 2.75) is 56.8 Å². The second-order valence-corrected chi connectivity index (χ2v) is 9.34. The number of rotatable bonds is 7. The molecule has 2 fully saturated rings. The molecule has 160 valence electrons. The van der Waals surface area contributed by atoms with Crippen molar-refractivity contribution in [3.8, 4) is 0 Å². The van der Waals surface area contributed by atoms with Crippen LogP contribution in [0, 0.1) is 11.8 Å². The molecule has 2 aliphatic rings. The first-order valence-corrected chi connectivity index (χ1v) is 11.8. The summed E-state index contributed by atoms with van der Waals surface area (Å²) in [5, 5.41) is 0. The summed E-state index contributed by atoms with van der Waals surface area (Å²) in [6.07, 6.45) is 10.5. The van der Waals surface area contributed by atoms with Gasteiger partial charge in [0, 0.05) is 6.54 Å². The lowest BCUT2D eigenvalue weighted by Gasteiger charge is -2.44. The number of benzene rings is 2. The second kappa shape index (κ2) is 9.78. The quantitative estimate of drug-likeness (QED) is 0.694. The van der Waals surface area contributed by atoms with Gasteiger partial charge in [-0.15, -0.1) is 0 Å². The Hall–Kier alpha value is -2.13. The molecule has 1 aliphatic carbocycles. The number of amides is 1. The molecule has 1 saturated carbocycles. The van der Waals surface area contributed by atoms with Crippen LogP contribution in [0.1, 0.15) is 62.5 Å². The molecule has 1 unspecified atom stereocenters. The van der Waals surface area contributed by atoms with Gasteiger partial charge in [0.15, 0.2) is 0 Å². The Balaban J connectivity index is 1.61. The zero-order valence-corrected chi connectivity index (χ0v) is 18.1. The van der Waals surface area contributed by atoms with E-state index in [1.54, 1.807) is 0 Å². The molecule has 2 aromatic rings. The third kappa shape index (κ3) is 4.32. The summed E-state index contributed by atoms with van der Waals surface area (Å²) in [5.41, 5.74) is 7.53. The van der Waals surface area contributed by atoms with Crippen LogP contribution in [0.3, 0.4) is 0 Å². The van der Waals surface area contributed by atoms with Crippen LogP contribution >= 0.6 is 0 Å². The molecule has 0 aromatic heterocycles. The lowest BCUT2D eigenvalue weighted by atomic mass is 9.63. The molecule has 4 rings (SSSR count). The first-order chi connectivity index (χ1) is 14.7. The molecule has 2 aromatic carbocycles. The van der Waals surface area contributed by atoms with Crippen LogP contribution in [-0.4, -0.2) is 30.4 Å². The lowest BCUT2D eigenvalue weighted by Crippen LogP contribution is -2.53. The van der Waals surface area contributed by atoms with Gasteiger partial charge in [-0.1, -0.05) is 92.8 Å². The van der Waals surface area contributed by atoms with Gasteiger partial charge in [0.1, 0.15) is 5.41 Å². The number of likely N-dealkylation sites (tertiary alicyclic amines) is 1. The zero-order chi connectivity index (χ0) is 20.8. The minimum absolute atomic E-state index is 0.194. The average molecular weight is 405 g/mol. The number of hydrogen-bond acceptors (Lipinski definition) is 2. The standard InChI is InChI=1S/C27H36N2O/c28-26(30)27(23-13-6-2-7-14-23,24-15-8-3-9-16-24)25-17-10-19-29(21-25)20-18-22-11-4-1-5-12-22/h2-3,6-9,13-16,22,25H,1,4-5,10-12,17-21H2,(H2,28,30). The molecule has 1 saturated heterocycles. The molecule has 3 heteroatoms. The number of nitrogens with zero attached hydrogens (tertiary/aromatic N) is 1. The molecular weight excluding hydrogens is 368 g/mol. The summed E-state index contributed by atoms with van der Waals surface area (Å²) in [4.78, 5) is 15.8. The molecule has 30 heavy (non-hydrogen) atoms. The van der Waals surface area contributed by atoms with Gasteiger partial charge in [-0.3, -0.25) is 4.79 Å². The van der Waals surface area contributed by atoms with E-state index >= 15 is 0 Å². The van der Waals surface area contributed by atoms with Gasteiger partial charge in [0.05, 0.1) is 0 Å². The van der Waals surface area contributed by atoms with Crippen molar-refractivity contribution < 1.29 is 4.79 Å². The molecule has 2 N–H and O–H groups in total. The topological polar surface area (TPSA) is 46.3 Å². The van der Waals surface area contributed by atoms with E-state index in [4.69, 9.17) is 5.73 Å². The molecule has 3 nitrogen and oxygen atoms in total. The van der Waals surface area contributed by atoms with Gasteiger partial charge < -0.3 is 10.6 Å². The fourth-order valence-electron chi connectivity index (χ4n) is 5.98. The maximum atomic E-state index is 13.2. The minimum Gasteiger partial charge on any atom is -0.369 e. The van der Waals surface area contributed by atoms with Gasteiger partial charge in [-0.25, -0.2) is 0 Å². The Bertz CT molecular complexity index is 759. The van der Waals surface area contributed by atoms with Gasteiger partial charge in [0.2, 0.25) is 5.91 Å². The molecule has 1 heterocycles. The second-order valence-electron chi connectivity index (χ2n) is 9.34. The normalized spacial score (nSPS) is 21.4. The van der Waals surface area contributed by atoms with E-state index in [2.05, 4.69) is 29.2 Å². The van der Waals surface area contributed by atoms with E-state index in [1.807, 2.05) is 36.4 Å². The van der Waals surface area contributed by atoms with Crippen molar-refractivity contribution in [3.05, 3.63) is 71.8 Å². The van der Waals surface area contributed by atoms with Gasteiger partial charge in [-0.05, 0) is 55.3 Å². The zero-order valence-electron chi connectivity index (χ0n) is 18.1. The highest BCUT2D eigenvalue weighted by Crippen LogP contribution is 2.43. The summed E-state index contributed by atoms with van der Waals surface area (Å²) in [6.45, 7) is 3.24. The Morgan fingerprint density at radius 1 is 0.867 bits per heavy atom. The van der Waals surface area contributed by atoms with E-state index < -0.39 is 5.41 Å². The predicted molar refractivity (Wildman–Crippen MR) is 123 cm³/mol. The average Bonchev–Trinajstić information content (AvgIpc) is 2.80. The largest absolute Gasteiger partial charge is 0.369 e. The smallest absolute Gasteiger partial charge is 0.232 e. The molecule has 1 aliphatic heterocycles. The Kier molecular flexibility index (Phi) is 6.89. The van der Waals surface area contributed by atoms with E-state index in [-0.39, 0.29) is 11.8 Å². The lowest BCUT2D eigenvalue weighted by molar-refractivity contribution is -0.124. The molecular formula is C27H36N2O. The summed E-state index contributed by atoms with van der Waals surface area (Å²) in [6, 6.07) is 20.5. The van der Waals surface area contributed by atoms with Crippen LogP contribution in [0.5, 0.6) is 0 Å². The van der Waals surface area contributed by atoms with Gasteiger partial charge in [-0.2, -0.15) is 0 Å². The maximum Gasteiger partial charge on any atom is 0.232 e. The number of nitrogens with two attached hydrogens (primary N) is 1. The third-order valence-electron chi connectivity index (χ3n) is 7.54. The SMILES string of the molecule is NC(=O)C(c1ccccc1)(c1ccccc1)C1CCCN(CCC2CCCCC2)C1. The van der Waals surface area contributed by atoms with Crippen LogP contribution in [-0.2, 0) is 10.2 Å². The first-order valence-electron chi connectivity index (χ1n) is 11.8.